The van der Waals surface area contributed by atoms with Crippen LogP contribution in [0.15, 0.2) is 45.8 Å². The Morgan fingerprint density at radius 2 is 2.05 bits per heavy atom. The summed E-state index contributed by atoms with van der Waals surface area (Å²) in [6, 6.07) is 9.97. The fourth-order valence-corrected chi connectivity index (χ4v) is 3.18. The summed E-state index contributed by atoms with van der Waals surface area (Å²) in [7, 11) is 0. The van der Waals surface area contributed by atoms with Gasteiger partial charge < -0.3 is 5.11 Å². The molecular formula is C17H23N3O2. The Hall–Kier alpha value is -2.04. The number of nitrogens with zero attached hydrogens (tertiary/aromatic N) is 3. The van der Waals surface area contributed by atoms with Crippen LogP contribution in [0.25, 0.3) is 0 Å². The summed E-state index contributed by atoms with van der Waals surface area (Å²) in [5.74, 6) is -1.27. The standard InChI is InChI=1S/C17H23N3O2/c1-3-7-12(2)16(17(21)22)14(15-11-18-20-19-15)10-13-8-5-4-6-9-13/h4-6,8-9,12,14,16H,3,7,10-11H2,1-2H3,(H,21,22)/t12?,14-,16+/m1/s1. The van der Waals surface area contributed by atoms with E-state index in [1.165, 1.54) is 0 Å². The van der Waals surface area contributed by atoms with Crippen molar-refractivity contribution in [3.05, 3.63) is 35.9 Å². The molecule has 22 heavy (non-hydrogen) atoms. The Bertz CT molecular complexity index is 554. The maximum absolute atomic E-state index is 11.9. The average molecular weight is 301 g/mol. The topological polar surface area (TPSA) is 74.4 Å². The monoisotopic (exact) mass is 301 g/mol. The van der Waals surface area contributed by atoms with Gasteiger partial charge in [0.2, 0.25) is 0 Å². The predicted octanol–water partition coefficient (Wildman–Crippen LogP) is 3.80. The molecule has 1 aromatic rings. The molecule has 1 N–H and O–H groups in total. The van der Waals surface area contributed by atoms with Gasteiger partial charge in [0.05, 0.1) is 11.6 Å². The molecule has 5 nitrogen and oxygen atoms in total. The minimum absolute atomic E-state index is 0.0968. The molecule has 0 aromatic heterocycles. The fourth-order valence-electron chi connectivity index (χ4n) is 3.18. The molecule has 1 aliphatic heterocycles. The number of aliphatic carboxylic acids is 1. The predicted molar refractivity (Wildman–Crippen MR) is 86.0 cm³/mol. The highest BCUT2D eigenvalue weighted by Crippen LogP contribution is 2.30. The van der Waals surface area contributed by atoms with Gasteiger partial charge in [-0.3, -0.25) is 4.79 Å². The van der Waals surface area contributed by atoms with E-state index in [4.69, 9.17) is 0 Å². The normalized spacial score (nSPS) is 17.8. The maximum Gasteiger partial charge on any atom is 0.307 e. The van der Waals surface area contributed by atoms with Crippen molar-refractivity contribution in [2.45, 2.75) is 33.1 Å². The lowest BCUT2D eigenvalue weighted by molar-refractivity contribution is -0.144. The van der Waals surface area contributed by atoms with Crippen molar-refractivity contribution in [1.29, 1.82) is 0 Å². The lowest BCUT2D eigenvalue weighted by atomic mass is 9.75. The molecule has 0 bridgehead atoms. The van der Waals surface area contributed by atoms with E-state index in [1.54, 1.807) is 0 Å². The van der Waals surface area contributed by atoms with Crippen LogP contribution in [-0.2, 0) is 11.2 Å². The number of benzene rings is 1. The quantitative estimate of drug-likeness (QED) is 0.793. The zero-order valence-corrected chi connectivity index (χ0v) is 13.1. The van der Waals surface area contributed by atoms with Crippen molar-refractivity contribution in [2.24, 2.45) is 33.2 Å². The van der Waals surface area contributed by atoms with E-state index in [0.717, 1.165) is 24.1 Å². The van der Waals surface area contributed by atoms with Gasteiger partial charge in [-0.15, -0.1) is 5.10 Å². The van der Waals surface area contributed by atoms with E-state index in [-0.39, 0.29) is 11.8 Å². The van der Waals surface area contributed by atoms with Gasteiger partial charge in [0.1, 0.15) is 6.54 Å². The van der Waals surface area contributed by atoms with Crippen molar-refractivity contribution in [3.63, 3.8) is 0 Å². The highest BCUT2D eigenvalue weighted by Gasteiger charge is 2.36. The second-order valence-electron chi connectivity index (χ2n) is 5.91. The first kappa shape index (κ1) is 16.3. The van der Waals surface area contributed by atoms with Crippen molar-refractivity contribution in [1.82, 2.24) is 0 Å². The second kappa shape index (κ2) is 7.82. The molecular weight excluding hydrogens is 278 g/mol. The molecule has 0 aliphatic carbocycles. The van der Waals surface area contributed by atoms with Gasteiger partial charge in [-0.2, -0.15) is 5.11 Å². The van der Waals surface area contributed by atoms with Crippen LogP contribution in [0.1, 0.15) is 32.3 Å². The molecule has 1 heterocycles. The van der Waals surface area contributed by atoms with E-state index in [9.17, 15) is 9.90 Å². The minimum Gasteiger partial charge on any atom is -0.481 e. The van der Waals surface area contributed by atoms with E-state index >= 15 is 0 Å². The molecule has 5 heteroatoms. The van der Waals surface area contributed by atoms with Crippen LogP contribution in [-0.4, -0.2) is 23.3 Å². The van der Waals surface area contributed by atoms with Gasteiger partial charge in [-0.25, -0.2) is 0 Å². The van der Waals surface area contributed by atoms with Gasteiger partial charge in [-0.05, 0) is 23.1 Å². The van der Waals surface area contributed by atoms with E-state index < -0.39 is 11.9 Å². The van der Waals surface area contributed by atoms with Crippen molar-refractivity contribution >= 4 is 11.7 Å². The SMILES string of the molecule is CCCC(C)[C@H](C(=O)O)[C@H](Cc1ccccc1)C1=NN=NC1. The van der Waals surface area contributed by atoms with Crippen LogP contribution in [0.3, 0.4) is 0 Å². The molecule has 1 aliphatic rings. The molecule has 118 valence electrons. The molecule has 0 radical (unpaired) electrons. The third-order valence-corrected chi connectivity index (χ3v) is 4.27. The summed E-state index contributed by atoms with van der Waals surface area (Å²) in [6.45, 7) is 4.52. The minimum atomic E-state index is -0.753. The third-order valence-electron chi connectivity index (χ3n) is 4.27. The first-order chi connectivity index (χ1) is 10.6. The number of rotatable bonds is 8. The van der Waals surface area contributed by atoms with Crippen LogP contribution in [0.4, 0.5) is 0 Å². The Kier molecular flexibility index (Phi) is 5.81. The Morgan fingerprint density at radius 1 is 1.32 bits per heavy atom. The Labute approximate surface area is 131 Å². The fraction of sp³-hybridized carbons (Fsp3) is 0.529. The van der Waals surface area contributed by atoms with Crippen LogP contribution < -0.4 is 0 Å². The van der Waals surface area contributed by atoms with Crippen LogP contribution in [0.5, 0.6) is 0 Å². The lowest BCUT2D eigenvalue weighted by Crippen LogP contribution is -2.36. The number of carboxylic acids is 1. The van der Waals surface area contributed by atoms with E-state index in [2.05, 4.69) is 22.4 Å². The van der Waals surface area contributed by atoms with Crippen molar-refractivity contribution in [2.75, 3.05) is 6.54 Å². The van der Waals surface area contributed by atoms with E-state index in [1.807, 2.05) is 37.3 Å². The molecule has 0 saturated heterocycles. The molecule has 0 spiro atoms. The smallest absolute Gasteiger partial charge is 0.307 e. The van der Waals surface area contributed by atoms with Gasteiger partial charge in [-0.1, -0.05) is 57.0 Å². The first-order valence-corrected chi connectivity index (χ1v) is 7.83. The number of hydrogen-bond donors (Lipinski definition) is 1. The van der Waals surface area contributed by atoms with Crippen LogP contribution in [0.2, 0.25) is 0 Å². The first-order valence-electron chi connectivity index (χ1n) is 7.83. The highest BCUT2D eigenvalue weighted by atomic mass is 16.4. The number of carboxylic acid groups (broad SMARTS) is 1. The maximum atomic E-state index is 11.9. The average Bonchev–Trinajstić information content (AvgIpc) is 3.01. The summed E-state index contributed by atoms with van der Waals surface area (Å²) in [4.78, 5) is 11.9. The zero-order chi connectivity index (χ0) is 15.9. The molecule has 1 aromatic carbocycles. The summed E-state index contributed by atoms with van der Waals surface area (Å²) in [5, 5.41) is 21.4. The summed E-state index contributed by atoms with van der Waals surface area (Å²) >= 11 is 0. The molecule has 0 saturated carbocycles. The molecule has 1 unspecified atom stereocenters. The molecule has 3 atom stereocenters. The number of carbonyl (C=O) groups is 1. The second-order valence-corrected chi connectivity index (χ2v) is 5.91. The zero-order valence-electron chi connectivity index (χ0n) is 13.1. The lowest BCUT2D eigenvalue weighted by Gasteiger charge is -2.28. The summed E-state index contributed by atoms with van der Waals surface area (Å²) in [6.07, 6.45) is 2.53. The third kappa shape index (κ3) is 4.00. The van der Waals surface area contributed by atoms with Gasteiger partial charge >= 0.3 is 5.97 Å². The highest BCUT2D eigenvalue weighted by molar-refractivity contribution is 5.93. The number of hydrogen-bond acceptors (Lipinski definition) is 4. The van der Waals surface area contributed by atoms with Gasteiger partial charge in [0.15, 0.2) is 0 Å². The summed E-state index contributed by atoms with van der Waals surface area (Å²) in [5.41, 5.74) is 1.91. The van der Waals surface area contributed by atoms with Crippen molar-refractivity contribution in [3.8, 4) is 0 Å². The van der Waals surface area contributed by atoms with Crippen LogP contribution in [0, 0.1) is 17.8 Å². The Morgan fingerprint density at radius 3 is 2.59 bits per heavy atom. The molecule has 0 fully saturated rings. The van der Waals surface area contributed by atoms with Crippen LogP contribution >= 0.6 is 0 Å². The van der Waals surface area contributed by atoms with Gasteiger partial charge in [0, 0.05) is 5.92 Å². The largest absolute Gasteiger partial charge is 0.481 e. The van der Waals surface area contributed by atoms with Crippen molar-refractivity contribution < 1.29 is 9.90 Å². The Balaban J connectivity index is 2.27. The molecule has 0 amide bonds. The van der Waals surface area contributed by atoms with Gasteiger partial charge in [0.25, 0.3) is 0 Å². The molecule has 2 rings (SSSR count). The van der Waals surface area contributed by atoms with E-state index in [0.29, 0.717) is 13.0 Å². The summed E-state index contributed by atoms with van der Waals surface area (Å²) < 4.78 is 0.